The minimum atomic E-state index is -0.0222. The number of halogens is 2. The summed E-state index contributed by atoms with van der Waals surface area (Å²) in [7, 11) is 4.02. The van der Waals surface area contributed by atoms with E-state index in [2.05, 4.69) is 39.0 Å². The minimum absolute atomic E-state index is 0.0222. The third-order valence-electron chi connectivity index (χ3n) is 2.47. The van der Waals surface area contributed by atoms with Gasteiger partial charge >= 0.3 is 0 Å². The summed E-state index contributed by atoms with van der Waals surface area (Å²) in [5, 5.41) is 3.25. The molecule has 1 rings (SSSR count). The smallest absolute Gasteiger partial charge is 0.228 e. The van der Waals surface area contributed by atoms with E-state index in [4.69, 9.17) is 23.2 Å². The van der Waals surface area contributed by atoms with Gasteiger partial charge in [-0.3, -0.25) is 0 Å². The summed E-state index contributed by atoms with van der Waals surface area (Å²) in [6.07, 6.45) is 0. The molecule has 0 atom stereocenters. The summed E-state index contributed by atoms with van der Waals surface area (Å²) in [4.78, 5) is 13.6. The molecule has 1 N–H and O–H groups in total. The number of hydrogen-bond acceptors (Lipinski definition) is 5. The van der Waals surface area contributed by atoms with Crippen LogP contribution in [0, 0.1) is 0 Å². The van der Waals surface area contributed by atoms with Crippen LogP contribution < -0.4 is 5.32 Å². The first-order valence-electron chi connectivity index (χ1n) is 4.79. The fourth-order valence-corrected chi connectivity index (χ4v) is 1.22. The first-order chi connectivity index (χ1) is 7.31. The molecule has 1 heterocycles. The third kappa shape index (κ3) is 3.73. The van der Waals surface area contributed by atoms with Crippen LogP contribution in [-0.4, -0.2) is 46.0 Å². The van der Waals surface area contributed by atoms with Crippen LogP contribution in [0.15, 0.2) is 0 Å². The Bertz CT molecular complexity index is 347. The van der Waals surface area contributed by atoms with Gasteiger partial charge in [0.15, 0.2) is 0 Å². The van der Waals surface area contributed by atoms with Crippen molar-refractivity contribution in [1.29, 1.82) is 0 Å². The Morgan fingerprint density at radius 3 is 2.06 bits per heavy atom. The van der Waals surface area contributed by atoms with E-state index >= 15 is 0 Å². The molecule has 0 fully saturated rings. The predicted octanol–water partition coefficient (Wildman–Crippen LogP) is 1.93. The monoisotopic (exact) mass is 263 g/mol. The van der Waals surface area contributed by atoms with Crippen molar-refractivity contribution in [3.8, 4) is 0 Å². The second-order valence-electron chi connectivity index (χ2n) is 4.26. The number of hydrogen-bond donors (Lipinski definition) is 1. The molecule has 0 spiro atoms. The Labute approximate surface area is 105 Å². The van der Waals surface area contributed by atoms with Crippen LogP contribution >= 0.6 is 23.2 Å². The molecule has 1 aromatic rings. The van der Waals surface area contributed by atoms with Crippen LogP contribution in [0.25, 0.3) is 0 Å². The second kappa shape index (κ2) is 5.12. The van der Waals surface area contributed by atoms with Gasteiger partial charge in [0.1, 0.15) is 0 Å². The normalized spacial score (nSPS) is 11.9. The quantitative estimate of drug-likeness (QED) is 0.900. The molecule has 1 aromatic heterocycles. The maximum Gasteiger partial charge on any atom is 0.228 e. The van der Waals surface area contributed by atoms with Gasteiger partial charge in [-0.1, -0.05) is 0 Å². The zero-order valence-electron chi connectivity index (χ0n) is 9.75. The average Bonchev–Trinajstić information content (AvgIpc) is 2.13. The Kier molecular flexibility index (Phi) is 4.29. The van der Waals surface area contributed by atoms with E-state index in [1.54, 1.807) is 0 Å². The van der Waals surface area contributed by atoms with E-state index in [0.717, 1.165) is 0 Å². The molecule has 0 bridgehead atoms. The van der Waals surface area contributed by atoms with E-state index < -0.39 is 0 Å². The number of anilines is 1. The summed E-state index contributed by atoms with van der Waals surface area (Å²) >= 11 is 11.3. The van der Waals surface area contributed by atoms with Gasteiger partial charge in [-0.15, -0.1) is 0 Å². The summed E-state index contributed by atoms with van der Waals surface area (Å²) in [6.45, 7) is 4.88. The number of nitrogens with zero attached hydrogens (tertiary/aromatic N) is 4. The highest BCUT2D eigenvalue weighted by molar-refractivity contribution is 6.31. The van der Waals surface area contributed by atoms with Crippen LogP contribution in [0.4, 0.5) is 5.95 Å². The fourth-order valence-electron chi connectivity index (χ4n) is 0.858. The van der Waals surface area contributed by atoms with Gasteiger partial charge in [-0.25, -0.2) is 0 Å². The number of aromatic nitrogens is 3. The third-order valence-corrected chi connectivity index (χ3v) is 2.81. The highest BCUT2D eigenvalue weighted by Crippen LogP contribution is 2.13. The molecule has 7 heteroatoms. The molecule has 90 valence electrons. The second-order valence-corrected chi connectivity index (χ2v) is 4.93. The topological polar surface area (TPSA) is 53.9 Å². The molecule has 0 amide bonds. The number of likely N-dealkylation sites (N-methyl/N-ethyl adjacent to an activating group) is 1. The summed E-state index contributed by atoms with van der Waals surface area (Å²) < 4.78 is 0. The zero-order chi connectivity index (χ0) is 12.3. The van der Waals surface area contributed by atoms with Crippen molar-refractivity contribution in [1.82, 2.24) is 19.9 Å². The SMILES string of the molecule is CN(C)C(C)(C)CNc1nc(Cl)nc(Cl)n1. The lowest BCUT2D eigenvalue weighted by Gasteiger charge is -2.32. The van der Waals surface area contributed by atoms with Gasteiger partial charge in [-0.05, 0) is 51.1 Å². The van der Waals surface area contributed by atoms with Gasteiger partial charge in [0.25, 0.3) is 0 Å². The largest absolute Gasteiger partial charge is 0.352 e. The molecule has 0 radical (unpaired) electrons. The first-order valence-corrected chi connectivity index (χ1v) is 5.55. The lowest BCUT2D eigenvalue weighted by Crippen LogP contribution is -2.44. The molecule has 0 saturated heterocycles. The summed E-state index contributed by atoms with van der Waals surface area (Å²) in [5.74, 6) is 0.389. The Hall–Kier alpha value is -0.650. The van der Waals surface area contributed by atoms with E-state index in [9.17, 15) is 0 Å². The number of nitrogens with one attached hydrogen (secondary N) is 1. The van der Waals surface area contributed by atoms with Crippen LogP contribution in [0.2, 0.25) is 10.6 Å². The van der Waals surface area contributed by atoms with Crippen molar-refractivity contribution in [2.24, 2.45) is 0 Å². The molecule has 16 heavy (non-hydrogen) atoms. The Morgan fingerprint density at radius 1 is 1.12 bits per heavy atom. The highest BCUT2D eigenvalue weighted by Gasteiger charge is 2.20. The molecule has 0 unspecified atom stereocenters. The van der Waals surface area contributed by atoms with Gasteiger partial charge in [-0.2, -0.15) is 15.0 Å². The standard InChI is InChI=1S/C9H15Cl2N5/c1-9(2,16(3)4)5-12-8-14-6(10)13-7(11)15-8/h5H2,1-4H3,(H,12,13,14,15). The lowest BCUT2D eigenvalue weighted by molar-refractivity contribution is 0.209. The molecule has 0 aliphatic rings. The molecule has 0 aromatic carbocycles. The van der Waals surface area contributed by atoms with Gasteiger partial charge in [0.2, 0.25) is 16.5 Å². The van der Waals surface area contributed by atoms with Crippen molar-refractivity contribution >= 4 is 29.2 Å². The van der Waals surface area contributed by atoms with E-state index in [0.29, 0.717) is 12.5 Å². The van der Waals surface area contributed by atoms with E-state index in [1.165, 1.54) is 0 Å². The average molecular weight is 264 g/mol. The van der Waals surface area contributed by atoms with Crippen molar-refractivity contribution in [2.45, 2.75) is 19.4 Å². The van der Waals surface area contributed by atoms with Crippen LogP contribution in [0.1, 0.15) is 13.8 Å². The molecule has 5 nitrogen and oxygen atoms in total. The molecule has 0 aliphatic heterocycles. The molecular weight excluding hydrogens is 249 g/mol. The van der Waals surface area contributed by atoms with Crippen molar-refractivity contribution in [3.05, 3.63) is 10.6 Å². The van der Waals surface area contributed by atoms with E-state index in [1.807, 2.05) is 14.1 Å². The lowest BCUT2D eigenvalue weighted by atomic mass is 10.1. The van der Waals surface area contributed by atoms with Gasteiger partial charge in [0.05, 0.1) is 0 Å². The van der Waals surface area contributed by atoms with Gasteiger partial charge < -0.3 is 10.2 Å². The molecule has 0 aliphatic carbocycles. The molecule has 0 saturated carbocycles. The number of rotatable bonds is 4. The van der Waals surface area contributed by atoms with Crippen LogP contribution in [0.3, 0.4) is 0 Å². The maximum absolute atomic E-state index is 5.67. The molecular formula is C9H15Cl2N5. The summed E-state index contributed by atoms with van der Waals surface area (Å²) in [5.41, 5.74) is -0.0222. The fraction of sp³-hybridized carbons (Fsp3) is 0.667. The zero-order valence-corrected chi connectivity index (χ0v) is 11.3. The minimum Gasteiger partial charge on any atom is -0.352 e. The summed E-state index contributed by atoms with van der Waals surface area (Å²) in [6, 6.07) is 0. The Balaban J connectivity index is 2.68. The van der Waals surface area contributed by atoms with E-state index in [-0.39, 0.29) is 16.1 Å². The van der Waals surface area contributed by atoms with Gasteiger partial charge in [0, 0.05) is 12.1 Å². The van der Waals surface area contributed by atoms with Crippen molar-refractivity contribution in [3.63, 3.8) is 0 Å². The Morgan fingerprint density at radius 2 is 1.62 bits per heavy atom. The van der Waals surface area contributed by atoms with Crippen LogP contribution in [-0.2, 0) is 0 Å². The predicted molar refractivity (Wildman–Crippen MR) is 66.1 cm³/mol. The van der Waals surface area contributed by atoms with Crippen LogP contribution in [0.5, 0.6) is 0 Å². The van der Waals surface area contributed by atoms with Crippen molar-refractivity contribution in [2.75, 3.05) is 26.0 Å². The first kappa shape index (κ1) is 13.4. The maximum atomic E-state index is 5.67. The van der Waals surface area contributed by atoms with Crippen molar-refractivity contribution < 1.29 is 0 Å². The highest BCUT2D eigenvalue weighted by atomic mass is 35.5.